The van der Waals surface area contributed by atoms with Crippen LogP contribution < -0.4 is 0 Å². The van der Waals surface area contributed by atoms with Crippen molar-refractivity contribution in [1.82, 2.24) is 0 Å². The molecule has 88 valence electrons. The molecule has 3 heteroatoms. The summed E-state index contributed by atoms with van der Waals surface area (Å²) in [4.78, 5) is 0. The van der Waals surface area contributed by atoms with E-state index >= 15 is 0 Å². The van der Waals surface area contributed by atoms with Crippen LogP contribution in [0.1, 0.15) is 38.2 Å². The molecule has 1 atom stereocenters. The van der Waals surface area contributed by atoms with Gasteiger partial charge in [0.25, 0.3) is 0 Å². The summed E-state index contributed by atoms with van der Waals surface area (Å²) >= 11 is 6.00. The highest BCUT2D eigenvalue weighted by Gasteiger charge is 2.32. The third-order valence-corrected chi connectivity index (χ3v) is 3.75. The first-order valence-corrected chi connectivity index (χ1v) is 6.05. The summed E-state index contributed by atoms with van der Waals surface area (Å²) < 4.78 is 13.1. The molecule has 1 N–H and O–H groups in total. The van der Waals surface area contributed by atoms with Gasteiger partial charge >= 0.3 is 0 Å². The molecule has 1 aromatic carbocycles. The molecule has 0 bridgehead atoms. The van der Waals surface area contributed by atoms with Gasteiger partial charge in [-0.25, -0.2) is 4.39 Å². The monoisotopic (exact) mass is 242 g/mol. The SMILES string of the molecule is CC(O)(CC1CCC1)c1cc(F)ccc1Cl. The van der Waals surface area contributed by atoms with E-state index in [4.69, 9.17) is 11.6 Å². The van der Waals surface area contributed by atoms with Gasteiger partial charge < -0.3 is 5.11 Å². The summed E-state index contributed by atoms with van der Waals surface area (Å²) in [6.07, 6.45) is 4.21. The zero-order valence-electron chi connectivity index (χ0n) is 9.34. The zero-order chi connectivity index (χ0) is 11.8. The smallest absolute Gasteiger partial charge is 0.123 e. The van der Waals surface area contributed by atoms with Crippen molar-refractivity contribution in [1.29, 1.82) is 0 Å². The fourth-order valence-corrected chi connectivity index (χ4v) is 2.60. The minimum absolute atomic E-state index is 0.353. The Morgan fingerprint density at radius 2 is 2.19 bits per heavy atom. The maximum absolute atomic E-state index is 13.1. The normalized spacial score (nSPS) is 20.2. The van der Waals surface area contributed by atoms with Gasteiger partial charge in [0.05, 0.1) is 5.60 Å². The van der Waals surface area contributed by atoms with Crippen LogP contribution in [0, 0.1) is 11.7 Å². The fraction of sp³-hybridized carbons (Fsp3) is 0.538. The van der Waals surface area contributed by atoms with E-state index in [1.165, 1.54) is 24.6 Å². The molecule has 1 aliphatic carbocycles. The molecule has 0 amide bonds. The van der Waals surface area contributed by atoms with Crippen molar-refractivity contribution in [2.24, 2.45) is 5.92 Å². The quantitative estimate of drug-likeness (QED) is 0.853. The molecule has 1 unspecified atom stereocenters. The molecule has 0 aliphatic heterocycles. The molecule has 16 heavy (non-hydrogen) atoms. The molecule has 1 aliphatic rings. The van der Waals surface area contributed by atoms with Crippen LogP contribution in [0.3, 0.4) is 0 Å². The van der Waals surface area contributed by atoms with Gasteiger partial charge in [0.2, 0.25) is 0 Å². The van der Waals surface area contributed by atoms with Crippen LogP contribution in [0.15, 0.2) is 18.2 Å². The van der Waals surface area contributed by atoms with Gasteiger partial charge in [-0.15, -0.1) is 0 Å². The van der Waals surface area contributed by atoms with Crippen LogP contribution in [-0.2, 0) is 5.60 Å². The molecule has 2 rings (SSSR count). The third kappa shape index (κ3) is 2.38. The summed E-state index contributed by atoms with van der Waals surface area (Å²) in [5, 5.41) is 10.8. The van der Waals surface area contributed by atoms with Gasteiger partial charge in [-0.1, -0.05) is 30.9 Å². The summed E-state index contributed by atoms with van der Waals surface area (Å²) in [7, 11) is 0. The number of aliphatic hydroxyl groups is 1. The lowest BCUT2D eigenvalue weighted by Crippen LogP contribution is -2.28. The van der Waals surface area contributed by atoms with Crippen LogP contribution in [0.25, 0.3) is 0 Å². The highest BCUT2D eigenvalue weighted by atomic mass is 35.5. The van der Waals surface area contributed by atoms with Gasteiger partial charge in [0.1, 0.15) is 5.82 Å². The Balaban J connectivity index is 2.22. The van der Waals surface area contributed by atoms with Crippen LogP contribution in [-0.4, -0.2) is 5.11 Å². The molecule has 1 saturated carbocycles. The van der Waals surface area contributed by atoms with Gasteiger partial charge in [-0.3, -0.25) is 0 Å². The van der Waals surface area contributed by atoms with Crippen molar-refractivity contribution in [3.8, 4) is 0 Å². The first-order valence-electron chi connectivity index (χ1n) is 5.67. The van der Waals surface area contributed by atoms with Crippen molar-refractivity contribution in [2.75, 3.05) is 0 Å². The van der Waals surface area contributed by atoms with Crippen molar-refractivity contribution in [3.05, 3.63) is 34.6 Å². The van der Waals surface area contributed by atoms with E-state index in [1.54, 1.807) is 6.92 Å². The van der Waals surface area contributed by atoms with E-state index in [0.29, 0.717) is 22.9 Å². The Labute approximate surface area is 100 Å². The summed E-state index contributed by atoms with van der Waals surface area (Å²) in [5.41, 5.74) is -0.523. The van der Waals surface area contributed by atoms with E-state index in [-0.39, 0.29) is 5.82 Å². The number of rotatable bonds is 3. The van der Waals surface area contributed by atoms with E-state index in [2.05, 4.69) is 0 Å². The second-order valence-electron chi connectivity index (χ2n) is 4.90. The molecule has 1 fully saturated rings. The first-order chi connectivity index (χ1) is 7.49. The highest BCUT2D eigenvalue weighted by molar-refractivity contribution is 6.31. The Kier molecular flexibility index (Phi) is 3.22. The molecule has 0 aromatic heterocycles. The molecule has 0 spiro atoms. The second kappa shape index (κ2) is 4.34. The predicted octanol–water partition coefficient (Wildman–Crippen LogP) is 3.88. The average Bonchev–Trinajstić information content (AvgIpc) is 2.16. The third-order valence-electron chi connectivity index (χ3n) is 3.42. The predicted molar refractivity (Wildman–Crippen MR) is 62.9 cm³/mol. The largest absolute Gasteiger partial charge is 0.385 e. The lowest BCUT2D eigenvalue weighted by Gasteiger charge is -2.34. The second-order valence-corrected chi connectivity index (χ2v) is 5.31. The van der Waals surface area contributed by atoms with E-state index in [0.717, 1.165) is 12.8 Å². The molecular weight excluding hydrogens is 227 g/mol. The van der Waals surface area contributed by atoms with Crippen molar-refractivity contribution in [2.45, 2.75) is 38.2 Å². The minimum Gasteiger partial charge on any atom is -0.385 e. The zero-order valence-corrected chi connectivity index (χ0v) is 10.1. The lowest BCUT2D eigenvalue weighted by atomic mass is 9.76. The molecular formula is C13H16ClFO. The van der Waals surface area contributed by atoms with E-state index in [9.17, 15) is 9.50 Å². The maximum Gasteiger partial charge on any atom is 0.123 e. The first kappa shape index (κ1) is 11.9. The average molecular weight is 243 g/mol. The van der Waals surface area contributed by atoms with Gasteiger partial charge in [-0.05, 0) is 37.5 Å². The summed E-state index contributed by atoms with van der Waals surface area (Å²) in [5.74, 6) is 0.197. The van der Waals surface area contributed by atoms with Crippen LogP contribution in [0.2, 0.25) is 5.02 Å². The lowest BCUT2D eigenvalue weighted by molar-refractivity contribution is 0.0160. The molecule has 0 heterocycles. The van der Waals surface area contributed by atoms with Crippen LogP contribution >= 0.6 is 11.6 Å². The number of halogens is 2. The maximum atomic E-state index is 13.1. The van der Waals surface area contributed by atoms with Crippen molar-refractivity contribution in [3.63, 3.8) is 0 Å². The number of benzene rings is 1. The van der Waals surface area contributed by atoms with Crippen molar-refractivity contribution >= 4 is 11.6 Å². The summed E-state index contributed by atoms with van der Waals surface area (Å²) in [6.45, 7) is 1.71. The Bertz CT molecular complexity index is 386. The fourth-order valence-electron chi connectivity index (χ4n) is 2.28. The molecule has 0 radical (unpaired) electrons. The molecule has 1 nitrogen and oxygen atoms in total. The van der Waals surface area contributed by atoms with Crippen LogP contribution in [0.4, 0.5) is 4.39 Å². The Hall–Kier alpha value is -0.600. The van der Waals surface area contributed by atoms with E-state index < -0.39 is 5.60 Å². The topological polar surface area (TPSA) is 20.2 Å². The van der Waals surface area contributed by atoms with Gasteiger partial charge in [0, 0.05) is 10.6 Å². The standard InChI is InChI=1S/C13H16ClFO/c1-13(16,8-9-3-2-4-9)11-7-10(15)5-6-12(11)14/h5-7,9,16H,2-4,8H2,1H3. The number of hydrogen-bond donors (Lipinski definition) is 1. The molecule has 1 aromatic rings. The highest BCUT2D eigenvalue weighted by Crippen LogP contribution is 2.40. The summed E-state index contributed by atoms with van der Waals surface area (Å²) in [6, 6.07) is 4.15. The van der Waals surface area contributed by atoms with E-state index in [1.807, 2.05) is 0 Å². The van der Waals surface area contributed by atoms with Crippen LogP contribution in [0.5, 0.6) is 0 Å². The minimum atomic E-state index is -1.02. The number of hydrogen-bond acceptors (Lipinski definition) is 1. The van der Waals surface area contributed by atoms with Gasteiger partial charge in [0.15, 0.2) is 0 Å². The molecule has 0 saturated heterocycles. The van der Waals surface area contributed by atoms with Crippen molar-refractivity contribution < 1.29 is 9.50 Å². The Morgan fingerprint density at radius 3 is 2.75 bits per heavy atom. The Morgan fingerprint density at radius 1 is 1.50 bits per heavy atom. The van der Waals surface area contributed by atoms with Gasteiger partial charge in [-0.2, -0.15) is 0 Å².